The van der Waals surface area contributed by atoms with Gasteiger partial charge in [-0.25, -0.2) is 23.5 Å². The minimum atomic E-state index is -1.09. The molecule has 0 N–H and O–H groups in total. The zero-order valence-corrected chi connectivity index (χ0v) is 19.7. The van der Waals surface area contributed by atoms with Crippen molar-refractivity contribution in [2.45, 2.75) is 71.1 Å². The van der Waals surface area contributed by atoms with Gasteiger partial charge in [0.25, 0.3) is 0 Å². The summed E-state index contributed by atoms with van der Waals surface area (Å²) in [6.45, 7) is 2.24. The summed E-state index contributed by atoms with van der Waals surface area (Å²) in [6, 6.07) is 9.63. The van der Waals surface area contributed by atoms with Gasteiger partial charge in [-0.05, 0) is 60.9 Å². The largest absolute Gasteiger partial charge is 0.423 e. The van der Waals surface area contributed by atoms with E-state index in [0.29, 0.717) is 11.6 Å². The van der Waals surface area contributed by atoms with Crippen LogP contribution in [-0.4, -0.2) is 15.9 Å². The molecule has 0 atom stereocenters. The highest BCUT2D eigenvalue weighted by atomic mass is 19.2. The molecule has 0 aliphatic rings. The number of nitrogens with zero attached hydrogens (tertiary/aromatic N) is 2. The van der Waals surface area contributed by atoms with Crippen LogP contribution < -0.4 is 4.74 Å². The van der Waals surface area contributed by atoms with Crippen LogP contribution in [0.4, 0.5) is 8.78 Å². The van der Waals surface area contributed by atoms with Gasteiger partial charge in [0.15, 0.2) is 17.5 Å². The van der Waals surface area contributed by atoms with Crippen molar-refractivity contribution in [3.05, 3.63) is 77.6 Å². The molecule has 0 aliphatic carbocycles. The molecule has 180 valence electrons. The summed E-state index contributed by atoms with van der Waals surface area (Å²) < 4.78 is 31.6. The van der Waals surface area contributed by atoms with E-state index >= 15 is 0 Å². The molecule has 0 bridgehead atoms. The van der Waals surface area contributed by atoms with E-state index in [2.05, 4.69) is 16.9 Å². The SMILES string of the molecule is CCCCCCCCCCCc1cnc(-c2ccc(OC(=O)c3ccc(F)c(F)c3)cc2)nc1. The molecule has 34 heavy (non-hydrogen) atoms. The van der Waals surface area contributed by atoms with Crippen molar-refractivity contribution in [1.29, 1.82) is 0 Å². The zero-order valence-electron chi connectivity index (χ0n) is 19.7. The van der Waals surface area contributed by atoms with Crippen molar-refractivity contribution >= 4 is 5.97 Å². The number of unbranched alkanes of at least 4 members (excludes halogenated alkanes) is 8. The standard InChI is InChI=1S/C28H32F2N2O2/c1-2-3-4-5-6-7-8-9-10-11-21-19-31-27(32-20-21)22-12-15-24(16-13-22)34-28(33)23-14-17-25(29)26(30)18-23/h12-20H,2-11H2,1H3. The number of esters is 1. The van der Waals surface area contributed by atoms with E-state index < -0.39 is 17.6 Å². The van der Waals surface area contributed by atoms with E-state index in [4.69, 9.17) is 4.74 Å². The second kappa shape index (κ2) is 13.5. The van der Waals surface area contributed by atoms with E-state index in [-0.39, 0.29) is 5.56 Å². The number of rotatable bonds is 13. The van der Waals surface area contributed by atoms with Gasteiger partial charge in [-0.2, -0.15) is 0 Å². The third-order valence-corrected chi connectivity index (χ3v) is 5.75. The Morgan fingerprint density at radius 1 is 0.794 bits per heavy atom. The number of aromatic nitrogens is 2. The molecule has 3 rings (SSSR count). The highest BCUT2D eigenvalue weighted by Gasteiger charge is 2.12. The molecule has 0 unspecified atom stereocenters. The van der Waals surface area contributed by atoms with Crippen molar-refractivity contribution in [1.82, 2.24) is 9.97 Å². The second-order valence-corrected chi connectivity index (χ2v) is 8.54. The first-order chi connectivity index (χ1) is 16.6. The summed E-state index contributed by atoms with van der Waals surface area (Å²) in [5, 5.41) is 0. The minimum absolute atomic E-state index is 0.0612. The Morgan fingerprint density at radius 2 is 1.41 bits per heavy atom. The summed E-state index contributed by atoms with van der Waals surface area (Å²) in [4.78, 5) is 21.1. The molecule has 1 heterocycles. The highest BCUT2D eigenvalue weighted by molar-refractivity contribution is 5.91. The molecule has 0 saturated carbocycles. The lowest BCUT2D eigenvalue weighted by atomic mass is 10.1. The number of aryl methyl sites for hydroxylation is 1. The van der Waals surface area contributed by atoms with E-state index in [1.54, 1.807) is 24.3 Å². The Balaban J connectivity index is 1.43. The fourth-order valence-corrected chi connectivity index (χ4v) is 3.73. The summed E-state index contributed by atoms with van der Waals surface area (Å²) in [5.74, 6) is -1.98. The monoisotopic (exact) mass is 466 g/mol. The Bertz CT molecular complexity index is 1040. The number of carbonyl (C=O) groups is 1. The van der Waals surface area contributed by atoms with Gasteiger partial charge < -0.3 is 4.74 Å². The van der Waals surface area contributed by atoms with Crippen LogP contribution in [-0.2, 0) is 6.42 Å². The van der Waals surface area contributed by atoms with Gasteiger partial charge in [0, 0.05) is 18.0 Å². The first-order valence-electron chi connectivity index (χ1n) is 12.2. The van der Waals surface area contributed by atoms with E-state index in [1.807, 2.05) is 12.4 Å². The van der Waals surface area contributed by atoms with Gasteiger partial charge in [0.1, 0.15) is 5.75 Å². The quantitative estimate of drug-likeness (QED) is 0.147. The molecule has 0 fully saturated rings. The highest BCUT2D eigenvalue weighted by Crippen LogP contribution is 2.21. The molecule has 0 spiro atoms. The van der Waals surface area contributed by atoms with Gasteiger partial charge in [-0.3, -0.25) is 0 Å². The maximum atomic E-state index is 13.3. The number of hydrogen-bond donors (Lipinski definition) is 0. The Hall–Kier alpha value is -3.15. The number of benzene rings is 2. The van der Waals surface area contributed by atoms with Gasteiger partial charge in [-0.1, -0.05) is 58.3 Å². The smallest absolute Gasteiger partial charge is 0.343 e. The lowest BCUT2D eigenvalue weighted by molar-refractivity contribution is 0.0734. The first kappa shape index (κ1) is 25.5. The summed E-state index contributed by atoms with van der Waals surface area (Å²) in [5.41, 5.74) is 1.86. The lowest BCUT2D eigenvalue weighted by Crippen LogP contribution is -2.09. The first-order valence-corrected chi connectivity index (χ1v) is 12.2. The predicted molar refractivity (Wildman–Crippen MR) is 130 cm³/mol. The Kier molecular flexibility index (Phi) is 10.1. The molecular formula is C28H32F2N2O2. The third-order valence-electron chi connectivity index (χ3n) is 5.75. The molecule has 3 aromatic rings. The van der Waals surface area contributed by atoms with Crippen molar-refractivity contribution in [2.24, 2.45) is 0 Å². The van der Waals surface area contributed by atoms with Crippen LogP contribution >= 0.6 is 0 Å². The Morgan fingerprint density at radius 3 is 2.03 bits per heavy atom. The van der Waals surface area contributed by atoms with E-state index in [0.717, 1.165) is 36.1 Å². The lowest BCUT2D eigenvalue weighted by Gasteiger charge is -2.07. The molecule has 0 aliphatic heterocycles. The van der Waals surface area contributed by atoms with Crippen LogP contribution in [0.25, 0.3) is 11.4 Å². The normalized spacial score (nSPS) is 10.9. The summed E-state index contributed by atoms with van der Waals surface area (Å²) >= 11 is 0. The fraction of sp³-hybridized carbons (Fsp3) is 0.393. The van der Waals surface area contributed by atoms with Crippen LogP contribution in [0.1, 0.15) is 80.6 Å². The van der Waals surface area contributed by atoms with Crippen molar-refractivity contribution in [3.8, 4) is 17.1 Å². The molecule has 2 aromatic carbocycles. The van der Waals surface area contributed by atoms with Gasteiger partial charge >= 0.3 is 5.97 Å². The maximum Gasteiger partial charge on any atom is 0.343 e. The molecule has 0 amide bonds. The number of carbonyl (C=O) groups excluding carboxylic acids is 1. The number of halogens is 2. The van der Waals surface area contributed by atoms with Crippen LogP contribution in [0, 0.1) is 11.6 Å². The Labute approximate surface area is 200 Å². The number of ether oxygens (including phenoxy) is 1. The van der Waals surface area contributed by atoms with Crippen molar-refractivity contribution < 1.29 is 18.3 Å². The van der Waals surface area contributed by atoms with Gasteiger partial charge in [-0.15, -0.1) is 0 Å². The van der Waals surface area contributed by atoms with Crippen LogP contribution in [0.2, 0.25) is 0 Å². The third kappa shape index (κ3) is 8.01. The molecule has 4 nitrogen and oxygen atoms in total. The number of hydrogen-bond acceptors (Lipinski definition) is 4. The fourth-order valence-electron chi connectivity index (χ4n) is 3.73. The van der Waals surface area contributed by atoms with Gasteiger partial charge in [0.2, 0.25) is 0 Å². The van der Waals surface area contributed by atoms with Crippen LogP contribution in [0.5, 0.6) is 5.75 Å². The average Bonchev–Trinajstić information content (AvgIpc) is 2.85. The van der Waals surface area contributed by atoms with Crippen LogP contribution in [0.3, 0.4) is 0 Å². The van der Waals surface area contributed by atoms with Gasteiger partial charge in [0.05, 0.1) is 5.56 Å². The van der Waals surface area contributed by atoms with Crippen molar-refractivity contribution in [3.63, 3.8) is 0 Å². The minimum Gasteiger partial charge on any atom is -0.423 e. The van der Waals surface area contributed by atoms with E-state index in [9.17, 15) is 13.6 Å². The molecular weight excluding hydrogens is 434 g/mol. The van der Waals surface area contributed by atoms with Crippen molar-refractivity contribution in [2.75, 3.05) is 0 Å². The zero-order chi connectivity index (χ0) is 24.2. The maximum absolute atomic E-state index is 13.3. The molecule has 0 saturated heterocycles. The summed E-state index contributed by atoms with van der Waals surface area (Å²) in [7, 11) is 0. The summed E-state index contributed by atoms with van der Waals surface area (Å²) in [6.07, 6.45) is 16.4. The second-order valence-electron chi connectivity index (χ2n) is 8.54. The average molecular weight is 467 g/mol. The molecule has 1 aromatic heterocycles. The molecule has 0 radical (unpaired) electrons. The predicted octanol–water partition coefficient (Wildman–Crippen LogP) is 7.71. The molecule has 6 heteroatoms. The van der Waals surface area contributed by atoms with Crippen LogP contribution in [0.15, 0.2) is 54.9 Å². The van der Waals surface area contributed by atoms with E-state index in [1.165, 1.54) is 57.4 Å². The topological polar surface area (TPSA) is 52.1 Å².